The number of nitrogens with zero attached hydrogens (tertiary/aromatic N) is 1. The van der Waals surface area contributed by atoms with Crippen LogP contribution in [0.2, 0.25) is 0 Å². The Hall–Kier alpha value is -1.92. The number of amides is 1. The molecule has 2 heterocycles. The maximum absolute atomic E-state index is 12.3. The molecule has 2 aromatic heterocycles. The minimum absolute atomic E-state index is 0.198. The lowest BCUT2D eigenvalue weighted by molar-refractivity contribution is 0.103. The molecule has 0 spiro atoms. The van der Waals surface area contributed by atoms with Crippen molar-refractivity contribution in [2.75, 3.05) is 11.1 Å². The monoisotopic (exact) mass is 303 g/mol. The number of nitrogen functional groups attached to an aromatic ring is 1. The summed E-state index contributed by atoms with van der Waals surface area (Å²) < 4.78 is 1.02. The van der Waals surface area contributed by atoms with Gasteiger partial charge in [-0.1, -0.05) is 11.6 Å². The standard InChI is InChI=1S/C14H13N3OS2/c1-7-3-4-10-9(5-7)11(15)12(20-10)13(18)17-14-16-6-8(2)19-14/h3-6H,15H2,1-2H3,(H,16,17,18). The highest BCUT2D eigenvalue weighted by atomic mass is 32.1. The van der Waals surface area contributed by atoms with E-state index in [0.29, 0.717) is 15.7 Å². The molecule has 3 N–H and O–H groups in total. The number of fused-ring (bicyclic) bond motifs is 1. The molecule has 3 rings (SSSR count). The Labute approximate surface area is 124 Å². The van der Waals surface area contributed by atoms with Gasteiger partial charge in [-0.3, -0.25) is 10.1 Å². The summed E-state index contributed by atoms with van der Waals surface area (Å²) in [7, 11) is 0. The van der Waals surface area contributed by atoms with Gasteiger partial charge in [0.25, 0.3) is 5.91 Å². The van der Waals surface area contributed by atoms with Gasteiger partial charge >= 0.3 is 0 Å². The van der Waals surface area contributed by atoms with E-state index < -0.39 is 0 Å². The van der Waals surface area contributed by atoms with Crippen molar-refractivity contribution in [1.29, 1.82) is 0 Å². The highest BCUT2D eigenvalue weighted by molar-refractivity contribution is 7.22. The number of benzene rings is 1. The van der Waals surface area contributed by atoms with Crippen LogP contribution >= 0.6 is 22.7 Å². The van der Waals surface area contributed by atoms with Gasteiger partial charge in [0, 0.05) is 21.2 Å². The third kappa shape index (κ3) is 2.28. The van der Waals surface area contributed by atoms with Crippen molar-refractivity contribution in [1.82, 2.24) is 4.98 Å². The number of nitrogens with one attached hydrogen (secondary N) is 1. The van der Waals surface area contributed by atoms with Crippen LogP contribution in [-0.4, -0.2) is 10.9 Å². The van der Waals surface area contributed by atoms with Gasteiger partial charge in [0.2, 0.25) is 0 Å². The summed E-state index contributed by atoms with van der Waals surface area (Å²) in [6, 6.07) is 6.02. The van der Waals surface area contributed by atoms with E-state index in [2.05, 4.69) is 10.3 Å². The Morgan fingerprint density at radius 3 is 2.80 bits per heavy atom. The van der Waals surface area contributed by atoms with E-state index in [0.717, 1.165) is 20.5 Å². The smallest absolute Gasteiger partial charge is 0.269 e. The molecule has 0 unspecified atom stereocenters. The van der Waals surface area contributed by atoms with Crippen molar-refractivity contribution in [2.24, 2.45) is 0 Å². The molecule has 1 aromatic carbocycles. The van der Waals surface area contributed by atoms with Crippen LogP contribution in [0, 0.1) is 13.8 Å². The Morgan fingerprint density at radius 1 is 1.30 bits per heavy atom. The van der Waals surface area contributed by atoms with E-state index in [1.807, 2.05) is 32.0 Å². The minimum atomic E-state index is -0.198. The predicted molar refractivity (Wildman–Crippen MR) is 85.8 cm³/mol. The molecule has 0 atom stereocenters. The zero-order chi connectivity index (χ0) is 14.3. The Kier molecular flexibility index (Phi) is 3.19. The zero-order valence-electron chi connectivity index (χ0n) is 11.1. The number of thiazole rings is 1. The average Bonchev–Trinajstić information content (AvgIpc) is 2.94. The summed E-state index contributed by atoms with van der Waals surface area (Å²) in [5, 5.41) is 4.33. The number of aryl methyl sites for hydroxylation is 2. The number of thiophene rings is 1. The number of hydrogen-bond acceptors (Lipinski definition) is 5. The van der Waals surface area contributed by atoms with Crippen LogP contribution in [0.25, 0.3) is 10.1 Å². The minimum Gasteiger partial charge on any atom is -0.397 e. The fourth-order valence-corrected chi connectivity index (χ4v) is 3.62. The first-order valence-corrected chi connectivity index (χ1v) is 7.70. The number of anilines is 2. The van der Waals surface area contributed by atoms with Gasteiger partial charge in [0.05, 0.1) is 5.69 Å². The van der Waals surface area contributed by atoms with E-state index in [1.165, 1.54) is 22.7 Å². The van der Waals surface area contributed by atoms with Crippen LogP contribution in [0.15, 0.2) is 24.4 Å². The maximum atomic E-state index is 12.3. The number of hydrogen-bond donors (Lipinski definition) is 2. The van der Waals surface area contributed by atoms with Gasteiger partial charge in [0.1, 0.15) is 4.88 Å². The van der Waals surface area contributed by atoms with Gasteiger partial charge in [-0.15, -0.1) is 22.7 Å². The molecule has 0 aliphatic heterocycles. The zero-order valence-corrected chi connectivity index (χ0v) is 12.7. The molecule has 4 nitrogen and oxygen atoms in total. The van der Waals surface area contributed by atoms with Crippen LogP contribution in [-0.2, 0) is 0 Å². The molecule has 6 heteroatoms. The summed E-state index contributed by atoms with van der Waals surface area (Å²) in [5.74, 6) is -0.198. The Bertz CT molecular complexity index is 804. The third-order valence-electron chi connectivity index (χ3n) is 2.93. The molecule has 0 saturated heterocycles. The molecule has 102 valence electrons. The highest BCUT2D eigenvalue weighted by Crippen LogP contribution is 2.34. The van der Waals surface area contributed by atoms with Crippen LogP contribution in [0.1, 0.15) is 20.1 Å². The number of aromatic nitrogens is 1. The van der Waals surface area contributed by atoms with Crippen molar-refractivity contribution < 1.29 is 4.79 Å². The molecule has 0 fully saturated rings. The molecule has 0 aliphatic carbocycles. The average molecular weight is 303 g/mol. The molecular formula is C14H13N3OS2. The van der Waals surface area contributed by atoms with Crippen molar-refractivity contribution in [3.05, 3.63) is 39.7 Å². The first-order valence-electron chi connectivity index (χ1n) is 6.07. The molecule has 0 aliphatic rings. The Balaban J connectivity index is 1.97. The van der Waals surface area contributed by atoms with Gasteiger partial charge in [0.15, 0.2) is 5.13 Å². The fourth-order valence-electron chi connectivity index (χ4n) is 1.97. The van der Waals surface area contributed by atoms with Crippen LogP contribution in [0.5, 0.6) is 0 Å². The van der Waals surface area contributed by atoms with Crippen molar-refractivity contribution in [2.45, 2.75) is 13.8 Å². The second-order valence-electron chi connectivity index (χ2n) is 4.57. The topological polar surface area (TPSA) is 68.0 Å². The molecule has 20 heavy (non-hydrogen) atoms. The quantitative estimate of drug-likeness (QED) is 0.756. The first kappa shape index (κ1) is 13.1. The first-order chi connectivity index (χ1) is 9.54. The third-order valence-corrected chi connectivity index (χ3v) is 4.94. The second kappa shape index (κ2) is 4.88. The van der Waals surface area contributed by atoms with E-state index in [-0.39, 0.29) is 5.91 Å². The SMILES string of the molecule is Cc1ccc2sc(C(=O)Nc3ncc(C)s3)c(N)c2c1. The van der Waals surface area contributed by atoms with Gasteiger partial charge < -0.3 is 5.73 Å². The fraction of sp³-hybridized carbons (Fsp3) is 0.143. The molecule has 0 radical (unpaired) electrons. The number of rotatable bonds is 2. The maximum Gasteiger partial charge on any atom is 0.269 e. The van der Waals surface area contributed by atoms with Crippen LogP contribution in [0.4, 0.5) is 10.8 Å². The molecule has 3 aromatic rings. The summed E-state index contributed by atoms with van der Waals surface area (Å²) in [6.07, 6.45) is 1.73. The van der Waals surface area contributed by atoms with Crippen molar-refractivity contribution in [3.8, 4) is 0 Å². The van der Waals surface area contributed by atoms with E-state index in [9.17, 15) is 4.79 Å². The van der Waals surface area contributed by atoms with Gasteiger partial charge in [-0.2, -0.15) is 0 Å². The lowest BCUT2D eigenvalue weighted by Crippen LogP contribution is -2.11. The number of nitrogens with two attached hydrogens (primary N) is 1. The predicted octanol–water partition coefficient (Wildman–Crippen LogP) is 3.81. The van der Waals surface area contributed by atoms with Crippen molar-refractivity contribution >= 4 is 49.5 Å². The van der Waals surface area contributed by atoms with E-state index >= 15 is 0 Å². The normalized spacial score (nSPS) is 10.9. The Morgan fingerprint density at radius 2 is 2.10 bits per heavy atom. The lowest BCUT2D eigenvalue weighted by atomic mass is 10.1. The van der Waals surface area contributed by atoms with Gasteiger partial charge in [-0.05, 0) is 26.0 Å². The molecular weight excluding hydrogens is 290 g/mol. The van der Waals surface area contributed by atoms with E-state index in [1.54, 1.807) is 6.20 Å². The highest BCUT2D eigenvalue weighted by Gasteiger charge is 2.17. The largest absolute Gasteiger partial charge is 0.397 e. The van der Waals surface area contributed by atoms with Gasteiger partial charge in [-0.25, -0.2) is 4.98 Å². The summed E-state index contributed by atoms with van der Waals surface area (Å²) in [5.41, 5.74) is 7.77. The number of carbonyl (C=O) groups excluding carboxylic acids is 1. The molecule has 0 bridgehead atoms. The van der Waals surface area contributed by atoms with Crippen molar-refractivity contribution in [3.63, 3.8) is 0 Å². The molecule has 1 amide bonds. The lowest BCUT2D eigenvalue weighted by Gasteiger charge is -2.00. The molecule has 0 saturated carbocycles. The second-order valence-corrected chi connectivity index (χ2v) is 6.86. The summed E-state index contributed by atoms with van der Waals surface area (Å²) >= 11 is 2.85. The van der Waals surface area contributed by atoms with Crippen LogP contribution < -0.4 is 11.1 Å². The van der Waals surface area contributed by atoms with Crippen LogP contribution in [0.3, 0.4) is 0 Å². The number of carbonyl (C=O) groups is 1. The summed E-state index contributed by atoms with van der Waals surface area (Å²) in [4.78, 5) is 18.0. The van der Waals surface area contributed by atoms with E-state index in [4.69, 9.17) is 5.73 Å². The summed E-state index contributed by atoms with van der Waals surface area (Å²) in [6.45, 7) is 3.96.